The molecule has 2 atom stereocenters. The standard InChI is InChI=1S/C9H8F3N3OS.C9H8F3N3S.3CH4.B/c1-17(16,15-6-13)5-7-2-3-8(14-4-7)9(10,11)12;1-16(15-6-13)5-7-2-3-8(14-4-7)9(10,11)12;;;;/h2-4H,5H2,1H3;2-4H,5H2,1H3;3*1H4;. The number of hydrogen-bond acceptors (Lipinski definition) is 7. The Hall–Kier alpha value is -2.98. The van der Waals surface area contributed by atoms with Crippen molar-refractivity contribution in [3.8, 4) is 12.4 Å². The lowest BCUT2D eigenvalue weighted by Crippen LogP contribution is -2.08. The van der Waals surface area contributed by atoms with E-state index in [0.717, 1.165) is 18.3 Å². The molecule has 2 aromatic heterocycles. The lowest BCUT2D eigenvalue weighted by Gasteiger charge is -2.06. The molecule has 0 aliphatic rings. The van der Waals surface area contributed by atoms with Crippen LogP contribution in [0.1, 0.15) is 44.8 Å². The largest absolute Gasteiger partial charge is 0.433 e. The third-order valence-corrected chi connectivity index (χ3v) is 5.95. The summed E-state index contributed by atoms with van der Waals surface area (Å²) in [4.78, 5) is 6.54. The van der Waals surface area contributed by atoms with E-state index in [1.165, 1.54) is 30.8 Å². The quantitative estimate of drug-likeness (QED) is 0.246. The average molecular weight is 569 g/mol. The van der Waals surface area contributed by atoms with Crippen LogP contribution in [0.25, 0.3) is 0 Å². The van der Waals surface area contributed by atoms with E-state index in [1.54, 1.807) is 12.4 Å². The van der Waals surface area contributed by atoms with Crippen molar-refractivity contribution in [1.82, 2.24) is 9.97 Å². The molecule has 0 saturated carbocycles. The summed E-state index contributed by atoms with van der Waals surface area (Å²) in [5.74, 6) is 0.324. The Morgan fingerprint density at radius 3 is 1.65 bits per heavy atom. The van der Waals surface area contributed by atoms with Crippen LogP contribution in [0.15, 0.2) is 45.4 Å². The van der Waals surface area contributed by atoms with Crippen molar-refractivity contribution in [2.75, 3.05) is 12.5 Å². The number of aromatic nitrogens is 2. The maximum atomic E-state index is 12.2. The van der Waals surface area contributed by atoms with Crippen LogP contribution in [0, 0.1) is 22.9 Å². The summed E-state index contributed by atoms with van der Waals surface area (Å²) in [6, 6.07) is 4.26. The van der Waals surface area contributed by atoms with E-state index in [4.69, 9.17) is 10.5 Å². The van der Waals surface area contributed by atoms with Crippen LogP contribution in [0.2, 0.25) is 0 Å². The van der Waals surface area contributed by atoms with Gasteiger partial charge in [-0.3, -0.25) is 9.97 Å². The van der Waals surface area contributed by atoms with Crippen LogP contribution in [-0.2, 0) is 44.3 Å². The molecule has 37 heavy (non-hydrogen) atoms. The van der Waals surface area contributed by atoms with Crippen LogP contribution < -0.4 is 0 Å². The fraction of sp³-hybridized carbons (Fsp3) is 0.429. The minimum Gasteiger partial charge on any atom is -0.251 e. The van der Waals surface area contributed by atoms with Crippen molar-refractivity contribution in [2.24, 2.45) is 8.73 Å². The van der Waals surface area contributed by atoms with Gasteiger partial charge >= 0.3 is 12.4 Å². The number of nitrogens with zero attached hydrogens (tertiary/aromatic N) is 6. The second-order valence-corrected chi connectivity index (χ2v) is 10.4. The normalized spacial score (nSPS) is 12.6. The molecule has 0 N–H and O–H groups in total. The van der Waals surface area contributed by atoms with Gasteiger partial charge in [0.2, 0.25) is 12.4 Å². The van der Waals surface area contributed by atoms with Crippen LogP contribution in [-0.4, -0.2) is 35.1 Å². The van der Waals surface area contributed by atoms with Gasteiger partial charge < -0.3 is 0 Å². The van der Waals surface area contributed by atoms with Crippen LogP contribution in [0.3, 0.4) is 0 Å². The smallest absolute Gasteiger partial charge is 0.251 e. The maximum absolute atomic E-state index is 12.2. The molecule has 7 nitrogen and oxygen atoms in total. The fourth-order valence-electron chi connectivity index (χ4n) is 2.13. The van der Waals surface area contributed by atoms with Crippen molar-refractivity contribution in [3.05, 3.63) is 59.2 Å². The Labute approximate surface area is 218 Å². The molecular weight excluding hydrogens is 541 g/mol. The van der Waals surface area contributed by atoms with Gasteiger partial charge in [-0.25, -0.2) is 4.21 Å². The van der Waals surface area contributed by atoms with Crippen molar-refractivity contribution >= 4 is 28.8 Å². The topological polar surface area (TPSA) is 115 Å². The summed E-state index contributed by atoms with van der Waals surface area (Å²) in [5.41, 5.74) is -0.951. The number of nitriles is 2. The summed E-state index contributed by atoms with van der Waals surface area (Å²) in [7, 11) is -3.25. The highest BCUT2D eigenvalue weighted by atomic mass is 32.2. The molecule has 2 aromatic rings. The average Bonchev–Trinajstić information content (AvgIpc) is 2.67. The molecule has 16 heteroatoms. The van der Waals surface area contributed by atoms with Gasteiger partial charge in [0, 0.05) is 32.8 Å². The van der Waals surface area contributed by atoms with Crippen LogP contribution in [0.5, 0.6) is 0 Å². The molecular formula is C21H28BF6N6OS2. The van der Waals surface area contributed by atoms with Gasteiger partial charge in [0.1, 0.15) is 11.4 Å². The maximum Gasteiger partial charge on any atom is 0.433 e. The van der Waals surface area contributed by atoms with E-state index in [-0.39, 0.29) is 36.4 Å². The second kappa shape index (κ2) is 17.5. The lowest BCUT2D eigenvalue weighted by molar-refractivity contribution is -0.142. The van der Waals surface area contributed by atoms with Gasteiger partial charge in [0.15, 0.2) is 0 Å². The first-order valence-electron chi connectivity index (χ1n) is 8.52. The molecule has 0 fully saturated rings. The molecule has 0 aliphatic heterocycles. The predicted octanol–water partition coefficient (Wildman–Crippen LogP) is 6.22. The van der Waals surface area contributed by atoms with Gasteiger partial charge in [-0.15, -0.1) is 4.36 Å². The first kappa shape index (κ1) is 41.2. The van der Waals surface area contributed by atoms with Gasteiger partial charge in [0.05, 0.1) is 15.5 Å². The molecule has 0 aromatic carbocycles. The summed E-state index contributed by atoms with van der Waals surface area (Å²) < 4.78 is 91.5. The number of alkyl halides is 6. The SMILES string of the molecule is C.C.C.CS(=O)(Cc1ccc(C(F)(F)F)nc1)=NC#N.CS(Cc1ccc(C(F)(F)F)nc1)=NC#N.[B]. The highest BCUT2D eigenvalue weighted by Gasteiger charge is 2.32. The van der Waals surface area contributed by atoms with Gasteiger partial charge in [-0.1, -0.05) is 45.1 Å². The zero-order valence-corrected chi connectivity index (χ0v) is 19.3. The van der Waals surface area contributed by atoms with E-state index in [9.17, 15) is 30.6 Å². The zero-order chi connectivity index (χ0) is 25.3. The second-order valence-electron chi connectivity index (χ2n) is 6.33. The summed E-state index contributed by atoms with van der Waals surface area (Å²) in [6.45, 7) is 0. The van der Waals surface area contributed by atoms with E-state index in [2.05, 4.69) is 18.7 Å². The van der Waals surface area contributed by atoms with Gasteiger partial charge in [-0.2, -0.15) is 41.2 Å². The third kappa shape index (κ3) is 15.7. The number of hydrogen-bond donors (Lipinski definition) is 0. The minimum absolute atomic E-state index is 0. The van der Waals surface area contributed by atoms with E-state index >= 15 is 0 Å². The van der Waals surface area contributed by atoms with Crippen molar-refractivity contribution in [1.29, 1.82) is 10.5 Å². The molecule has 0 spiro atoms. The molecule has 0 aliphatic carbocycles. The molecule has 0 amide bonds. The zero-order valence-electron chi connectivity index (χ0n) is 17.6. The molecule has 2 unspecified atom stereocenters. The summed E-state index contributed by atoms with van der Waals surface area (Å²) >= 11 is 0. The lowest BCUT2D eigenvalue weighted by atomic mass is 10.3. The van der Waals surface area contributed by atoms with Crippen LogP contribution in [0.4, 0.5) is 26.3 Å². The summed E-state index contributed by atoms with van der Waals surface area (Å²) in [5, 5.41) is 16.6. The Balaban J connectivity index is -0.000000266. The molecule has 205 valence electrons. The number of pyridine rings is 2. The molecule has 3 radical (unpaired) electrons. The highest BCUT2D eigenvalue weighted by molar-refractivity contribution is 7.92. The predicted molar refractivity (Wildman–Crippen MR) is 135 cm³/mol. The summed E-state index contributed by atoms with van der Waals surface area (Å²) in [6.07, 6.45) is -0.691. The molecule has 2 rings (SSSR count). The highest BCUT2D eigenvalue weighted by Crippen LogP contribution is 2.28. The van der Waals surface area contributed by atoms with E-state index in [0.29, 0.717) is 16.9 Å². The Morgan fingerprint density at radius 1 is 0.892 bits per heavy atom. The van der Waals surface area contributed by atoms with Gasteiger partial charge in [0.25, 0.3) is 0 Å². The first-order chi connectivity index (χ1) is 15.2. The van der Waals surface area contributed by atoms with Crippen molar-refractivity contribution in [2.45, 2.75) is 46.1 Å². The monoisotopic (exact) mass is 569 g/mol. The molecule has 0 saturated heterocycles. The van der Waals surface area contributed by atoms with E-state index < -0.39 is 44.2 Å². The van der Waals surface area contributed by atoms with Crippen LogP contribution >= 0.6 is 0 Å². The van der Waals surface area contributed by atoms with Gasteiger partial charge in [-0.05, 0) is 29.5 Å². The fourth-order valence-corrected chi connectivity index (χ4v) is 4.01. The van der Waals surface area contributed by atoms with Crippen molar-refractivity contribution in [3.63, 3.8) is 0 Å². The Morgan fingerprint density at radius 2 is 1.32 bits per heavy atom. The Kier molecular flexibility index (Phi) is 19.4. The third-order valence-electron chi connectivity index (χ3n) is 3.47. The van der Waals surface area contributed by atoms with Crippen molar-refractivity contribution < 1.29 is 30.6 Å². The van der Waals surface area contributed by atoms with E-state index in [1.807, 2.05) is 0 Å². The number of halogens is 6. The molecule has 0 bridgehead atoms. The Bertz CT molecular complexity index is 1180. The number of rotatable bonds is 4. The first-order valence-corrected chi connectivity index (χ1v) is 12.4. The molecule has 2 heterocycles. The minimum atomic E-state index is -4.50.